The van der Waals surface area contributed by atoms with E-state index < -0.39 is 16.0 Å². The van der Waals surface area contributed by atoms with Crippen molar-refractivity contribution in [2.45, 2.75) is 6.54 Å². The summed E-state index contributed by atoms with van der Waals surface area (Å²) in [5.74, 6) is 0. The minimum Gasteiger partial charge on any atom is -0.326 e. The summed E-state index contributed by atoms with van der Waals surface area (Å²) in [6.07, 6.45) is 1.57. The number of rotatable bonds is 3. The lowest BCUT2D eigenvalue weighted by molar-refractivity contribution is -0.384. The standard InChI is InChI=1S/C16H10BrN5O4/c17-9-3-8(14-12(4-9)19-15(23)16(24)20-14)6-21-7-18-11-2-1-10(22(25)26)5-13(11)21/h1-5,7H,6H2,(H,19,23)(H,20,24). The molecular weight excluding hydrogens is 406 g/mol. The first-order chi connectivity index (χ1) is 12.4. The van der Waals surface area contributed by atoms with Gasteiger partial charge >= 0.3 is 11.1 Å². The predicted octanol–water partition coefficient (Wildman–Crippen LogP) is 2.29. The lowest BCUT2D eigenvalue weighted by Gasteiger charge is -2.09. The van der Waals surface area contributed by atoms with E-state index in [9.17, 15) is 19.7 Å². The number of non-ortho nitro benzene ring substituents is 1. The van der Waals surface area contributed by atoms with Crippen LogP contribution in [-0.4, -0.2) is 24.4 Å². The minimum atomic E-state index is -0.743. The number of nitro benzene ring substituents is 1. The van der Waals surface area contributed by atoms with Crippen molar-refractivity contribution in [2.75, 3.05) is 0 Å². The maximum absolute atomic E-state index is 11.7. The number of nitrogens with one attached hydrogen (secondary N) is 2. The highest BCUT2D eigenvalue weighted by atomic mass is 79.9. The van der Waals surface area contributed by atoms with Crippen LogP contribution in [0, 0.1) is 10.1 Å². The molecule has 130 valence electrons. The van der Waals surface area contributed by atoms with Crippen LogP contribution in [0.5, 0.6) is 0 Å². The highest BCUT2D eigenvalue weighted by molar-refractivity contribution is 9.10. The third-order valence-electron chi connectivity index (χ3n) is 4.03. The normalized spacial score (nSPS) is 11.3. The van der Waals surface area contributed by atoms with Crippen LogP contribution in [0.4, 0.5) is 5.69 Å². The number of benzene rings is 2. The van der Waals surface area contributed by atoms with Gasteiger partial charge in [0.25, 0.3) is 5.69 Å². The maximum atomic E-state index is 11.7. The Kier molecular flexibility index (Phi) is 3.69. The topological polar surface area (TPSA) is 127 Å². The molecule has 4 rings (SSSR count). The summed E-state index contributed by atoms with van der Waals surface area (Å²) in [5.41, 5.74) is 1.40. The van der Waals surface area contributed by atoms with Crippen LogP contribution in [0.3, 0.4) is 0 Å². The fourth-order valence-electron chi connectivity index (χ4n) is 2.85. The maximum Gasteiger partial charge on any atom is 0.314 e. The fourth-order valence-corrected chi connectivity index (χ4v) is 3.36. The van der Waals surface area contributed by atoms with E-state index in [1.807, 2.05) is 0 Å². The summed E-state index contributed by atoms with van der Waals surface area (Å²) in [6.45, 7) is 0.301. The summed E-state index contributed by atoms with van der Waals surface area (Å²) in [6, 6.07) is 7.93. The average molecular weight is 416 g/mol. The molecule has 0 aliphatic heterocycles. The van der Waals surface area contributed by atoms with Crippen LogP contribution >= 0.6 is 15.9 Å². The van der Waals surface area contributed by atoms with Gasteiger partial charge in [-0.25, -0.2) is 4.98 Å². The molecule has 0 unspecified atom stereocenters. The molecule has 0 aliphatic carbocycles. The number of fused-ring (bicyclic) bond motifs is 2. The monoisotopic (exact) mass is 415 g/mol. The predicted molar refractivity (Wildman–Crippen MR) is 98.4 cm³/mol. The molecule has 2 aromatic heterocycles. The van der Waals surface area contributed by atoms with Crippen LogP contribution in [0.1, 0.15) is 5.56 Å². The Morgan fingerprint density at radius 3 is 2.69 bits per heavy atom. The Bertz CT molecular complexity index is 1300. The molecule has 4 aromatic rings. The number of nitrogens with zero attached hydrogens (tertiary/aromatic N) is 3. The zero-order valence-electron chi connectivity index (χ0n) is 13.0. The summed E-state index contributed by atoms with van der Waals surface area (Å²) < 4.78 is 2.46. The molecular formula is C16H10BrN5O4. The first-order valence-electron chi connectivity index (χ1n) is 7.46. The van der Waals surface area contributed by atoms with Gasteiger partial charge in [0, 0.05) is 16.6 Å². The molecule has 0 spiro atoms. The number of aromatic amines is 2. The Labute approximate surface area is 152 Å². The Morgan fingerprint density at radius 1 is 1.15 bits per heavy atom. The molecule has 26 heavy (non-hydrogen) atoms. The van der Waals surface area contributed by atoms with E-state index >= 15 is 0 Å². The number of halogens is 1. The Hall–Kier alpha value is -3.27. The van der Waals surface area contributed by atoms with E-state index in [1.54, 1.807) is 29.1 Å². The Balaban J connectivity index is 1.90. The quantitative estimate of drug-likeness (QED) is 0.301. The van der Waals surface area contributed by atoms with Crippen molar-refractivity contribution in [1.82, 2.24) is 19.5 Å². The van der Waals surface area contributed by atoms with Crippen LogP contribution in [0.15, 0.2) is 50.7 Å². The van der Waals surface area contributed by atoms with Crippen molar-refractivity contribution in [1.29, 1.82) is 0 Å². The second-order valence-electron chi connectivity index (χ2n) is 5.70. The van der Waals surface area contributed by atoms with Crippen molar-refractivity contribution in [3.63, 3.8) is 0 Å². The number of imidazole rings is 1. The summed E-state index contributed by atoms with van der Waals surface area (Å²) in [7, 11) is 0. The van der Waals surface area contributed by atoms with Crippen LogP contribution in [0.25, 0.3) is 22.1 Å². The van der Waals surface area contributed by atoms with Gasteiger partial charge in [-0.3, -0.25) is 19.7 Å². The van der Waals surface area contributed by atoms with E-state index in [4.69, 9.17) is 0 Å². The molecule has 2 N–H and O–H groups in total. The van der Waals surface area contributed by atoms with Crippen molar-refractivity contribution >= 4 is 43.7 Å². The van der Waals surface area contributed by atoms with E-state index in [-0.39, 0.29) is 5.69 Å². The first-order valence-corrected chi connectivity index (χ1v) is 8.26. The van der Waals surface area contributed by atoms with Crippen LogP contribution in [-0.2, 0) is 6.54 Å². The zero-order chi connectivity index (χ0) is 18.4. The molecule has 9 nitrogen and oxygen atoms in total. The van der Waals surface area contributed by atoms with Crippen molar-refractivity contribution in [3.05, 3.63) is 77.5 Å². The van der Waals surface area contributed by atoms with E-state index in [0.717, 1.165) is 4.47 Å². The SMILES string of the molecule is O=c1[nH]c2cc(Br)cc(Cn3cnc4ccc([N+](=O)[O-])cc43)c2[nH]c1=O. The van der Waals surface area contributed by atoms with Crippen molar-refractivity contribution in [2.24, 2.45) is 0 Å². The second kappa shape index (κ2) is 5.92. The lowest BCUT2D eigenvalue weighted by Crippen LogP contribution is -2.29. The first kappa shape index (κ1) is 16.2. The van der Waals surface area contributed by atoms with Gasteiger partial charge in [0.05, 0.1) is 39.9 Å². The largest absolute Gasteiger partial charge is 0.326 e. The van der Waals surface area contributed by atoms with Gasteiger partial charge in [0.1, 0.15) is 0 Å². The molecule has 0 amide bonds. The summed E-state index contributed by atoms with van der Waals surface area (Å²) in [4.78, 5) is 43.2. The third kappa shape index (κ3) is 2.69. The van der Waals surface area contributed by atoms with E-state index in [0.29, 0.717) is 34.2 Å². The molecule has 10 heteroatoms. The van der Waals surface area contributed by atoms with Gasteiger partial charge in [-0.15, -0.1) is 0 Å². The number of H-pyrrole nitrogens is 2. The third-order valence-corrected chi connectivity index (χ3v) is 4.49. The Morgan fingerprint density at radius 2 is 1.92 bits per heavy atom. The molecule has 0 bridgehead atoms. The minimum absolute atomic E-state index is 0.0314. The highest BCUT2D eigenvalue weighted by Crippen LogP contribution is 2.24. The summed E-state index contributed by atoms with van der Waals surface area (Å²) >= 11 is 3.38. The van der Waals surface area contributed by atoms with Crippen molar-refractivity contribution < 1.29 is 4.92 Å². The highest BCUT2D eigenvalue weighted by Gasteiger charge is 2.13. The van der Waals surface area contributed by atoms with Gasteiger partial charge in [0.15, 0.2) is 0 Å². The molecule has 2 heterocycles. The molecule has 0 atom stereocenters. The van der Waals surface area contributed by atoms with Gasteiger partial charge < -0.3 is 14.5 Å². The fraction of sp³-hybridized carbons (Fsp3) is 0.0625. The smallest absolute Gasteiger partial charge is 0.314 e. The molecule has 2 aromatic carbocycles. The molecule has 0 aliphatic rings. The van der Waals surface area contributed by atoms with E-state index in [2.05, 4.69) is 30.9 Å². The molecule has 0 saturated heterocycles. The molecule has 0 radical (unpaired) electrons. The van der Waals surface area contributed by atoms with Crippen LogP contribution < -0.4 is 11.1 Å². The number of aromatic nitrogens is 4. The van der Waals surface area contributed by atoms with Crippen molar-refractivity contribution in [3.8, 4) is 0 Å². The van der Waals surface area contributed by atoms with E-state index in [1.165, 1.54) is 12.1 Å². The number of hydrogen-bond acceptors (Lipinski definition) is 5. The van der Waals surface area contributed by atoms with Gasteiger partial charge in [-0.1, -0.05) is 15.9 Å². The van der Waals surface area contributed by atoms with Gasteiger partial charge in [-0.2, -0.15) is 0 Å². The lowest BCUT2D eigenvalue weighted by atomic mass is 10.1. The summed E-state index contributed by atoms with van der Waals surface area (Å²) in [5, 5.41) is 11.0. The van der Waals surface area contributed by atoms with Gasteiger partial charge in [0.2, 0.25) is 0 Å². The second-order valence-corrected chi connectivity index (χ2v) is 6.61. The number of hydrogen-bond donors (Lipinski definition) is 2. The van der Waals surface area contributed by atoms with Gasteiger partial charge in [-0.05, 0) is 23.8 Å². The molecule has 0 saturated carbocycles. The van der Waals surface area contributed by atoms with Crippen LogP contribution in [0.2, 0.25) is 0 Å². The number of nitro groups is 1. The average Bonchev–Trinajstić information content (AvgIpc) is 2.99. The molecule has 0 fully saturated rings. The zero-order valence-corrected chi connectivity index (χ0v) is 14.6.